The summed E-state index contributed by atoms with van der Waals surface area (Å²) in [7, 11) is -4.04. The van der Waals surface area contributed by atoms with E-state index >= 15 is 0 Å². The van der Waals surface area contributed by atoms with Gasteiger partial charge in [0.2, 0.25) is 5.72 Å². The molecule has 3 aromatic rings. The van der Waals surface area contributed by atoms with Crippen LogP contribution in [0.15, 0.2) is 83.8 Å². The molecule has 0 fully saturated rings. The number of sulfonamides is 1. The highest BCUT2D eigenvalue weighted by atomic mass is 32.2. The molecule has 7 heteroatoms. The summed E-state index contributed by atoms with van der Waals surface area (Å²) in [5.74, 6) is -0.0898. The Labute approximate surface area is 194 Å². The molecule has 6 nitrogen and oxygen atoms in total. The molecule has 0 aliphatic carbocycles. The van der Waals surface area contributed by atoms with E-state index in [2.05, 4.69) is 0 Å². The van der Waals surface area contributed by atoms with E-state index in [4.69, 9.17) is 9.47 Å². The Kier molecular flexibility index (Phi) is 6.42. The highest BCUT2D eigenvalue weighted by Gasteiger charge is 2.53. The van der Waals surface area contributed by atoms with E-state index in [9.17, 15) is 13.2 Å². The highest BCUT2D eigenvalue weighted by molar-refractivity contribution is 7.93. The molecule has 0 radical (unpaired) electrons. The smallest absolute Gasteiger partial charge is 0.311 e. The molecular formula is C26H27NO5S. The number of fused-ring (bicyclic) bond motifs is 1. The fraction of sp³-hybridized carbons (Fsp3) is 0.269. The Bertz CT molecular complexity index is 1230. The third-order valence-electron chi connectivity index (χ3n) is 5.69. The van der Waals surface area contributed by atoms with Crippen molar-refractivity contribution < 1.29 is 22.7 Å². The third-order valence-corrected chi connectivity index (χ3v) is 7.56. The molecule has 0 saturated carbocycles. The average molecular weight is 466 g/mol. The number of ether oxygens (including phenoxy) is 2. The first-order chi connectivity index (χ1) is 15.9. The molecular weight excluding hydrogens is 438 g/mol. The summed E-state index contributed by atoms with van der Waals surface area (Å²) in [6.45, 7) is 3.82. The number of carbonyl (C=O) groups excluding carboxylic acids is 1. The van der Waals surface area contributed by atoms with E-state index in [1.807, 2.05) is 37.3 Å². The van der Waals surface area contributed by atoms with E-state index in [-0.39, 0.29) is 24.3 Å². The van der Waals surface area contributed by atoms with Crippen LogP contribution in [0.4, 0.5) is 5.69 Å². The number of rotatable bonds is 8. The first kappa shape index (κ1) is 22.9. The van der Waals surface area contributed by atoms with Gasteiger partial charge in [0, 0.05) is 6.42 Å². The van der Waals surface area contributed by atoms with Crippen LogP contribution in [0.2, 0.25) is 0 Å². The predicted octanol–water partition coefficient (Wildman–Crippen LogP) is 4.87. The van der Waals surface area contributed by atoms with Crippen LogP contribution >= 0.6 is 0 Å². The third kappa shape index (κ3) is 4.59. The number of aryl methyl sites for hydroxylation is 2. The molecule has 1 unspecified atom stereocenters. The van der Waals surface area contributed by atoms with E-state index in [0.717, 1.165) is 11.1 Å². The quantitative estimate of drug-likeness (QED) is 0.444. The Hall–Kier alpha value is -3.32. The average Bonchev–Trinajstić information content (AvgIpc) is 3.13. The summed E-state index contributed by atoms with van der Waals surface area (Å²) in [6, 6.07) is 23.4. The van der Waals surface area contributed by atoms with E-state index in [0.29, 0.717) is 17.9 Å². The van der Waals surface area contributed by atoms with Crippen molar-refractivity contribution in [2.24, 2.45) is 0 Å². The normalized spacial score (nSPS) is 17.3. The maximum Gasteiger partial charge on any atom is 0.311 e. The van der Waals surface area contributed by atoms with Gasteiger partial charge in [0.05, 0.1) is 17.2 Å². The Morgan fingerprint density at radius 2 is 1.64 bits per heavy atom. The lowest BCUT2D eigenvalue weighted by molar-refractivity contribution is -0.147. The fourth-order valence-corrected chi connectivity index (χ4v) is 5.84. The molecule has 0 spiro atoms. The number of hydrogen-bond donors (Lipinski definition) is 0. The molecule has 4 rings (SSSR count). The summed E-state index contributed by atoms with van der Waals surface area (Å²) < 4.78 is 40.8. The van der Waals surface area contributed by atoms with Crippen molar-refractivity contribution >= 4 is 21.7 Å². The number of hydrogen-bond acceptors (Lipinski definition) is 5. The summed E-state index contributed by atoms with van der Waals surface area (Å²) in [5.41, 5.74) is 0.937. The second-order valence-corrected chi connectivity index (χ2v) is 9.85. The van der Waals surface area contributed by atoms with Crippen molar-refractivity contribution in [3.8, 4) is 5.75 Å². The van der Waals surface area contributed by atoms with Gasteiger partial charge in [0.1, 0.15) is 12.2 Å². The molecule has 3 aromatic carbocycles. The molecule has 1 atom stereocenters. The van der Waals surface area contributed by atoms with Crippen LogP contribution in [0.1, 0.15) is 30.9 Å². The number of benzene rings is 3. The predicted molar refractivity (Wildman–Crippen MR) is 127 cm³/mol. The van der Waals surface area contributed by atoms with E-state index in [1.54, 1.807) is 55.5 Å². The van der Waals surface area contributed by atoms with Crippen molar-refractivity contribution in [2.75, 3.05) is 10.9 Å². The minimum atomic E-state index is -4.04. The summed E-state index contributed by atoms with van der Waals surface area (Å²) in [4.78, 5) is 12.8. The van der Waals surface area contributed by atoms with Crippen molar-refractivity contribution in [1.29, 1.82) is 0 Å². The Morgan fingerprint density at radius 1 is 0.970 bits per heavy atom. The van der Waals surface area contributed by atoms with Gasteiger partial charge in [-0.2, -0.15) is 0 Å². The lowest BCUT2D eigenvalue weighted by atomic mass is 9.99. The summed E-state index contributed by atoms with van der Waals surface area (Å²) >= 11 is 0. The standard InChI is InChI=1S/C26H27NO5S/c1-3-31-25(28)19-26(18-17-21-9-5-4-6-10-21)27(23-11-7-8-12-24(23)32-26)33(29,30)22-15-13-20(2)14-16-22/h4-16H,3,17-19H2,1-2H3. The van der Waals surface area contributed by atoms with Gasteiger partial charge in [0.25, 0.3) is 10.0 Å². The molecule has 0 bridgehead atoms. The van der Waals surface area contributed by atoms with Crippen LogP contribution in [-0.2, 0) is 26.0 Å². The second kappa shape index (κ2) is 9.27. The van der Waals surface area contributed by atoms with Gasteiger partial charge in [-0.05, 0) is 50.1 Å². The maximum absolute atomic E-state index is 14.0. The van der Waals surface area contributed by atoms with E-state index in [1.165, 1.54) is 4.31 Å². The molecule has 172 valence electrons. The zero-order valence-corrected chi connectivity index (χ0v) is 19.5. The Morgan fingerprint density at radius 3 is 2.33 bits per heavy atom. The zero-order chi connectivity index (χ0) is 23.5. The van der Waals surface area contributed by atoms with Crippen LogP contribution in [0.25, 0.3) is 0 Å². The molecule has 33 heavy (non-hydrogen) atoms. The van der Waals surface area contributed by atoms with Crippen LogP contribution in [0, 0.1) is 6.92 Å². The summed E-state index contributed by atoms with van der Waals surface area (Å²) in [5, 5.41) is 0. The fourth-order valence-electron chi connectivity index (χ4n) is 4.11. The molecule has 0 amide bonds. The molecule has 1 aliphatic rings. The maximum atomic E-state index is 14.0. The molecule has 0 aromatic heterocycles. The van der Waals surface area contributed by atoms with Gasteiger partial charge in [-0.15, -0.1) is 0 Å². The molecule has 0 saturated heterocycles. The number of carbonyl (C=O) groups is 1. The van der Waals surface area contributed by atoms with Gasteiger partial charge in [-0.3, -0.25) is 4.79 Å². The van der Waals surface area contributed by atoms with Crippen molar-refractivity contribution in [2.45, 2.75) is 43.7 Å². The van der Waals surface area contributed by atoms with Crippen molar-refractivity contribution in [3.05, 3.63) is 90.0 Å². The summed E-state index contributed by atoms with van der Waals surface area (Å²) in [6.07, 6.45) is 0.567. The van der Waals surface area contributed by atoms with Gasteiger partial charge < -0.3 is 9.47 Å². The minimum absolute atomic E-state index is 0.140. The number of esters is 1. The van der Waals surface area contributed by atoms with Gasteiger partial charge in [-0.25, -0.2) is 12.7 Å². The number of anilines is 1. The van der Waals surface area contributed by atoms with Crippen LogP contribution in [0.5, 0.6) is 5.75 Å². The topological polar surface area (TPSA) is 72.9 Å². The molecule has 0 N–H and O–H groups in total. The Balaban J connectivity index is 1.83. The van der Waals surface area contributed by atoms with Gasteiger partial charge in [-0.1, -0.05) is 60.2 Å². The number of para-hydroxylation sites is 2. The van der Waals surface area contributed by atoms with Gasteiger partial charge in [0.15, 0.2) is 0 Å². The zero-order valence-electron chi connectivity index (χ0n) is 18.7. The molecule has 1 heterocycles. The lowest BCUT2D eigenvalue weighted by Crippen LogP contribution is -2.54. The monoisotopic (exact) mass is 465 g/mol. The first-order valence-electron chi connectivity index (χ1n) is 11.0. The highest BCUT2D eigenvalue weighted by Crippen LogP contribution is 2.48. The minimum Gasteiger partial charge on any atom is -0.466 e. The number of nitrogens with zero attached hydrogens (tertiary/aromatic N) is 1. The SMILES string of the molecule is CCOC(=O)CC1(CCc2ccccc2)Oc2ccccc2N1S(=O)(=O)c1ccc(C)cc1. The second-order valence-electron chi connectivity index (χ2n) is 8.07. The lowest BCUT2D eigenvalue weighted by Gasteiger charge is -2.37. The van der Waals surface area contributed by atoms with Crippen molar-refractivity contribution in [1.82, 2.24) is 0 Å². The first-order valence-corrected chi connectivity index (χ1v) is 12.4. The van der Waals surface area contributed by atoms with Crippen LogP contribution < -0.4 is 9.04 Å². The van der Waals surface area contributed by atoms with Crippen LogP contribution in [0.3, 0.4) is 0 Å². The largest absolute Gasteiger partial charge is 0.466 e. The van der Waals surface area contributed by atoms with Gasteiger partial charge >= 0.3 is 5.97 Å². The van der Waals surface area contributed by atoms with Crippen molar-refractivity contribution in [3.63, 3.8) is 0 Å². The van der Waals surface area contributed by atoms with Crippen LogP contribution in [-0.4, -0.2) is 26.7 Å². The molecule has 1 aliphatic heterocycles. The van der Waals surface area contributed by atoms with E-state index < -0.39 is 21.7 Å².